The first kappa shape index (κ1) is 16.5. The maximum absolute atomic E-state index is 11.7. The van der Waals surface area contributed by atoms with E-state index in [1.165, 1.54) is 22.2 Å². The number of hydrogen-bond donors (Lipinski definition) is 0. The van der Waals surface area contributed by atoms with Gasteiger partial charge in [-0.1, -0.05) is 0 Å². The van der Waals surface area contributed by atoms with Crippen LogP contribution < -0.4 is 0 Å². The molecule has 3 aromatic heterocycles. The van der Waals surface area contributed by atoms with Gasteiger partial charge >= 0.3 is 0 Å². The summed E-state index contributed by atoms with van der Waals surface area (Å²) >= 11 is 3.02. The van der Waals surface area contributed by atoms with Crippen LogP contribution in [0.25, 0.3) is 10.2 Å². The fraction of sp³-hybridized carbons (Fsp3) is 0.438. The van der Waals surface area contributed by atoms with Crippen LogP contribution in [0.15, 0.2) is 14.7 Å². The Morgan fingerprint density at radius 1 is 1.24 bits per heavy atom. The summed E-state index contributed by atoms with van der Waals surface area (Å²) in [6.07, 6.45) is 1.49. The summed E-state index contributed by atoms with van der Waals surface area (Å²) < 4.78 is 5.72. The van der Waals surface area contributed by atoms with Gasteiger partial charge in [-0.25, -0.2) is 9.97 Å². The van der Waals surface area contributed by atoms with Crippen molar-refractivity contribution in [3.63, 3.8) is 0 Å². The van der Waals surface area contributed by atoms with Crippen LogP contribution in [0.2, 0.25) is 0 Å². The lowest BCUT2D eigenvalue weighted by Gasteiger charge is -2.11. The molecule has 7 nitrogen and oxygen atoms in total. The summed E-state index contributed by atoms with van der Waals surface area (Å²) in [5.74, 6) is 1.32. The van der Waals surface area contributed by atoms with Gasteiger partial charge in [-0.15, -0.1) is 21.5 Å². The van der Waals surface area contributed by atoms with Gasteiger partial charge in [0.05, 0.1) is 6.54 Å². The molecule has 0 saturated carbocycles. The second kappa shape index (κ2) is 6.38. The van der Waals surface area contributed by atoms with Gasteiger partial charge in [-0.3, -0.25) is 4.79 Å². The largest absolute Gasteiger partial charge is 0.414 e. The second-order valence-corrected chi connectivity index (χ2v) is 8.17. The normalized spacial score (nSPS) is 14.8. The average molecular weight is 375 g/mol. The maximum atomic E-state index is 11.7. The fourth-order valence-corrected chi connectivity index (χ4v) is 4.90. The van der Waals surface area contributed by atoms with Crippen molar-refractivity contribution < 1.29 is 9.21 Å². The smallest absolute Gasteiger partial charge is 0.283 e. The van der Waals surface area contributed by atoms with Crippen LogP contribution in [0, 0.1) is 20.8 Å². The molecule has 4 heterocycles. The number of nitrogens with zero attached hydrogens (tertiary/aromatic N) is 5. The number of thiophene rings is 1. The number of aromatic nitrogens is 4. The van der Waals surface area contributed by atoms with Crippen molar-refractivity contribution in [2.45, 2.75) is 50.4 Å². The highest BCUT2D eigenvalue weighted by atomic mass is 32.2. The number of amides is 1. The molecule has 0 spiro atoms. The first-order valence-electron chi connectivity index (χ1n) is 8.03. The number of hydrogen-bond acceptors (Lipinski definition) is 8. The lowest BCUT2D eigenvalue weighted by atomic mass is 10.2. The quantitative estimate of drug-likeness (QED) is 0.647. The number of aryl methyl sites for hydroxylation is 3. The average Bonchev–Trinajstić information content (AvgIpc) is 3.23. The standard InChI is InChI=1S/C16H17N5O2S2/c1-8-9(2)24-14-13(8)15(18-10(3)17-14)25-16-20-19-11(23-16)7-21-6-4-5-12(21)22/h4-7H2,1-3H3. The van der Waals surface area contributed by atoms with Crippen LogP contribution in [-0.2, 0) is 11.3 Å². The summed E-state index contributed by atoms with van der Waals surface area (Å²) in [6, 6.07) is 0. The summed E-state index contributed by atoms with van der Waals surface area (Å²) in [7, 11) is 0. The number of rotatable bonds is 4. The first-order valence-corrected chi connectivity index (χ1v) is 9.67. The predicted molar refractivity (Wildman–Crippen MR) is 94.7 cm³/mol. The molecule has 0 unspecified atom stereocenters. The molecule has 1 fully saturated rings. The van der Waals surface area contributed by atoms with Gasteiger partial charge in [0.2, 0.25) is 11.8 Å². The zero-order valence-corrected chi connectivity index (χ0v) is 15.8. The summed E-state index contributed by atoms with van der Waals surface area (Å²) in [5, 5.41) is 10.5. The minimum absolute atomic E-state index is 0.143. The minimum Gasteiger partial charge on any atom is -0.414 e. The molecule has 1 saturated heterocycles. The van der Waals surface area contributed by atoms with Gasteiger partial charge < -0.3 is 9.32 Å². The van der Waals surface area contributed by atoms with E-state index >= 15 is 0 Å². The summed E-state index contributed by atoms with van der Waals surface area (Å²) in [5.41, 5.74) is 1.19. The monoisotopic (exact) mass is 375 g/mol. The molecule has 1 amide bonds. The lowest BCUT2D eigenvalue weighted by molar-refractivity contribution is -0.128. The molecular weight excluding hydrogens is 358 g/mol. The van der Waals surface area contributed by atoms with Crippen LogP contribution in [0.1, 0.15) is 35.0 Å². The van der Waals surface area contributed by atoms with E-state index in [2.05, 4.69) is 34.0 Å². The molecular formula is C16H17N5O2S2. The van der Waals surface area contributed by atoms with Crippen molar-refractivity contribution >= 4 is 39.2 Å². The third-order valence-corrected chi connectivity index (χ3v) is 6.17. The van der Waals surface area contributed by atoms with Crippen molar-refractivity contribution in [3.8, 4) is 0 Å². The molecule has 1 aliphatic heterocycles. The molecule has 4 rings (SSSR count). The molecule has 1 aliphatic rings. The van der Waals surface area contributed by atoms with Crippen molar-refractivity contribution in [2.24, 2.45) is 0 Å². The first-order chi connectivity index (χ1) is 12.0. The van der Waals surface area contributed by atoms with Gasteiger partial charge in [0.25, 0.3) is 5.22 Å². The Hall–Kier alpha value is -2.00. The Morgan fingerprint density at radius 3 is 2.84 bits per heavy atom. The SMILES string of the molecule is Cc1nc(Sc2nnc(CN3CCCC3=O)o2)c2c(C)c(C)sc2n1. The van der Waals surface area contributed by atoms with Gasteiger partial charge in [-0.2, -0.15) is 0 Å². The Bertz CT molecular complexity index is 965. The molecule has 0 radical (unpaired) electrons. The van der Waals surface area contributed by atoms with E-state index in [0.29, 0.717) is 24.1 Å². The molecule has 3 aromatic rings. The van der Waals surface area contributed by atoms with Crippen LogP contribution in [0.3, 0.4) is 0 Å². The van der Waals surface area contributed by atoms with Crippen molar-refractivity contribution in [3.05, 3.63) is 22.2 Å². The Balaban J connectivity index is 1.60. The molecule has 0 N–H and O–H groups in total. The van der Waals surface area contributed by atoms with E-state index in [4.69, 9.17) is 4.42 Å². The Morgan fingerprint density at radius 2 is 2.08 bits per heavy atom. The molecule has 130 valence electrons. The van der Waals surface area contributed by atoms with E-state index in [9.17, 15) is 4.79 Å². The van der Waals surface area contributed by atoms with Crippen LogP contribution in [0.4, 0.5) is 0 Å². The number of carbonyl (C=O) groups is 1. The molecule has 0 aliphatic carbocycles. The van der Waals surface area contributed by atoms with Gasteiger partial charge in [0.1, 0.15) is 15.7 Å². The maximum Gasteiger partial charge on any atom is 0.283 e. The van der Waals surface area contributed by atoms with E-state index in [1.54, 1.807) is 16.2 Å². The molecule has 0 atom stereocenters. The minimum atomic E-state index is 0.143. The molecule has 9 heteroatoms. The third kappa shape index (κ3) is 3.13. The van der Waals surface area contributed by atoms with Gasteiger partial charge in [-0.05, 0) is 44.5 Å². The third-order valence-electron chi connectivity index (χ3n) is 4.24. The summed E-state index contributed by atoms with van der Waals surface area (Å²) in [4.78, 5) is 24.8. The van der Waals surface area contributed by atoms with Crippen molar-refractivity contribution in [1.29, 1.82) is 0 Å². The topological polar surface area (TPSA) is 85.0 Å². The zero-order chi connectivity index (χ0) is 17.6. The highest BCUT2D eigenvalue weighted by molar-refractivity contribution is 7.99. The highest BCUT2D eigenvalue weighted by Crippen LogP contribution is 2.37. The molecule has 0 bridgehead atoms. The van der Waals surface area contributed by atoms with E-state index in [-0.39, 0.29) is 5.91 Å². The summed E-state index contributed by atoms with van der Waals surface area (Å²) in [6.45, 7) is 7.18. The predicted octanol–water partition coefficient (Wildman–Crippen LogP) is 3.27. The molecule has 0 aromatic carbocycles. The van der Waals surface area contributed by atoms with Gasteiger partial charge in [0, 0.05) is 23.2 Å². The van der Waals surface area contributed by atoms with E-state index in [0.717, 1.165) is 34.0 Å². The number of likely N-dealkylation sites (tertiary alicyclic amines) is 1. The Kier molecular flexibility index (Phi) is 4.20. The van der Waals surface area contributed by atoms with Crippen LogP contribution in [0.5, 0.6) is 0 Å². The Labute approximate surface area is 152 Å². The number of carbonyl (C=O) groups excluding carboxylic acids is 1. The zero-order valence-electron chi connectivity index (χ0n) is 14.2. The molecule has 25 heavy (non-hydrogen) atoms. The van der Waals surface area contributed by atoms with Crippen molar-refractivity contribution in [2.75, 3.05) is 6.54 Å². The number of fused-ring (bicyclic) bond motifs is 1. The fourth-order valence-electron chi connectivity index (χ4n) is 2.85. The van der Waals surface area contributed by atoms with E-state index in [1.807, 2.05) is 6.92 Å². The van der Waals surface area contributed by atoms with E-state index < -0.39 is 0 Å². The van der Waals surface area contributed by atoms with Gasteiger partial charge in [0.15, 0.2) is 0 Å². The van der Waals surface area contributed by atoms with Crippen LogP contribution in [-0.4, -0.2) is 37.5 Å². The lowest BCUT2D eigenvalue weighted by Crippen LogP contribution is -2.23. The highest BCUT2D eigenvalue weighted by Gasteiger charge is 2.23. The van der Waals surface area contributed by atoms with Crippen molar-refractivity contribution in [1.82, 2.24) is 25.1 Å². The van der Waals surface area contributed by atoms with Crippen LogP contribution >= 0.6 is 23.1 Å². The second-order valence-electron chi connectivity index (χ2n) is 6.02.